The molecule has 0 fully saturated rings. The summed E-state index contributed by atoms with van der Waals surface area (Å²) < 4.78 is 1.39. The molecule has 5 heteroatoms. The molecule has 0 aliphatic heterocycles. The monoisotopic (exact) mass is 393 g/mol. The zero-order valence-electron chi connectivity index (χ0n) is 11.1. The Morgan fingerprint density at radius 3 is 2.37 bits per heavy atom. The van der Waals surface area contributed by atoms with E-state index in [0.717, 1.165) is 37.9 Å². The van der Waals surface area contributed by atoms with Crippen LogP contribution in [0.4, 0.5) is 0 Å². The molecule has 1 aromatic rings. The third-order valence-electron chi connectivity index (χ3n) is 3.07. The molecule has 1 atom stereocenters. The number of halogens is 2. The van der Waals surface area contributed by atoms with E-state index in [2.05, 4.69) is 44.1 Å². The van der Waals surface area contributed by atoms with Crippen molar-refractivity contribution < 1.29 is 10.2 Å². The molecule has 0 aliphatic rings. The molecule has 19 heavy (non-hydrogen) atoms. The lowest BCUT2D eigenvalue weighted by Crippen LogP contribution is -2.23. The normalized spacial score (nSPS) is 12.6. The SMILES string of the molecule is CCCC(CCO)CNCc1cc(Br)c(O)c(Br)c1. The molecule has 0 aromatic heterocycles. The first-order chi connectivity index (χ1) is 9.08. The zero-order valence-corrected chi connectivity index (χ0v) is 14.3. The Kier molecular flexibility index (Phi) is 7.99. The van der Waals surface area contributed by atoms with Crippen LogP contribution in [-0.2, 0) is 6.54 Å². The van der Waals surface area contributed by atoms with Crippen molar-refractivity contribution in [2.24, 2.45) is 5.92 Å². The molecule has 108 valence electrons. The molecule has 1 unspecified atom stereocenters. The van der Waals surface area contributed by atoms with Crippen LogP contribution in [-0.4, -0.2) is 23.4 Å². The smallest absolute Gasteiger partial charge is 0.143 e. The fraction of sp³-hybridized carbons (Fsp3) is 0.571. The van der Waals surface area contributed by atoms with Gasteiger partial charge in [0, 0.05) is 13.2 Å². The number of nitrogens with one attached hydrogen (secondary N) is 1. The van der Waals surface area contributed by atoms with Crippen molar-refractivity contribution in [3.05, 3.63) is 26.6 Å². The third kappa shape index (κ3) is 5.81. The summed E-state index contributed by atoms with van der Waals surface area (Å²) in [5.41, 5.74) is 1.11. The molecular formula is C14H21Br2NO2. The molecule has 0 heterocycles. The number of hydrogen-bond donors (Lipinski definition) is 3. The molecule has 0 bridgehead atoms. The molecular weight excluding hydrogens is 374 g/mol. The zero-order chi connectivity index (χ0) is 14.3. The van der Waals surface area contributed by atoms with Gasteiger partial charge in [-0.1, -0.05) is 13.3 Å². The Labute approximate surface area is 131 Å². The fourth-order valence-corrected chi connectivity index (χ4v) is 3.36. The molecule has 0 saturated carbocycles. The topological polar surface area (TPSA) is 52.5 Å². The summed E-state index contributed by atoms with van der Waals surface area (Å²) in [6, 6.07) is 3.82. The van der Waals surface area contributed by atoms with Gasteiger partial charge in [-0.3, -0.25) is 0 Å². The molecule has 3 nitrogen and oxygen atoms in total. The molecule has 0 spiro atoms. The number of aromatic hydroxyl groups is 1. The lowest BCUT2D eigenvalue weighted by atomic mass is 10.0. The van der Waals surface area contributed by atoms with E-state index in [1.54, 1.807) is 0 Å². The van der Waals surface area contributed by atoms with E-state index in [-0.39, 0.29) is 12.4 Å². The minimum atomic E-state index is 0.230. The second-order valence-electron chi connectivity index (χ2n) is 4.71. The standard InChI is InChI=1S/C14H21Br2NO2/c1-2-3-10(4-5-18)8-17-9-11-6-12(15)14(19)13(16)7-11/h6-7,10,17-19H,2-5,8-9H2,1H3. The Morgan fingerprint density at radius 1 is 1.21 bits per heavy atom. The van der Waals surface area contributed by atoms with Crippen molar-refractivity contribution in [3.8, 4) is 5.75 Å². The molecule has 1 rings (SSSR count). The highest BCUT2D eigenvalue weighted by Gasteiger charge is 2.08. The van der Waals surface area contributed by atoms with Crippen LogP contribution < -0.4 is 5.32 Å². The number of benzene rings is 1. The van der Waals surface area contributed by atoms with Crippen LogP contribution in [0.25, 0.3) is 0 Å². The number of rotatable bonds is 8. The van der Waals surface area contributed by atoms with E-state index in [4.69, 9.17) is 5.11 Å². The predicted octanol–water partition coefficient (Wildman–Crippen LogP) is 3.81. The number of aliphatic hydroxyl groups is 1. The average molecular weight is 395 g/mol. The minimum Gasteiger partial charge on any atom is -0.506 e. The van der Waals surface area contributed by atoms with Gasteiger partial charge >= 0.3 is 0 Å². The van der Waals surface area contributed by atoms with Gasteiger partial charge in [-0.15, -0.1) is 0 Å². The Balaban J connectivity index is 2.48. The first-order valence-electron chi connectivity index (χ1n) is 6.57. The average Bonchev–Trinajstić information content (AvgIpc) is 2.36. The Hall–Kier alpha value is -0.100. The van der Waals surface area contributed by atoms with E-state index >= 15 is 0 Å². The minimum absolute atomic E-state index is 0.230. The van der Waals surface area contributed by atoms with Gasteiger partial charge in [0.25, 0.3) is 0 Å². The van der Waals surface area contributed by atoms with Gasteiger partial charge in [0.05, 0.1) is 8.95 Å². The maximum Gasteiger partial charge on any atom is 0.143 e. The maximum atomic E-state index is 9.64. The second kappa shape index (κ2) is 8.95. The van der Waals surface area contributed by atoms with Crippen LogP contribution in [0.5, 0.6) is 5.75 Å². The van der Waals surface area contributed by atoms with Crippen molar-refractivity contribution in [2.45, 2.75) is 32.7 Å². The molecule has 3 N–H and O–H groups in total. The first kappa shape index (κ1) is 17.0. The highest BCUT2D eigenvalue weighted by molar-refractivity contribution is 9.11. The van der Waals surface area contributed by atoms with Crippen LogP contribution in [0.2, 0.25) is 0 Å². The summed E-state index contributed by atoms with van der Waals surface area (Å²) in [6.45, 7) is 4.08. The van der Waals surface area contributed by atoms with E-state index in [1.165, 1.54) is 0 Å². The van der Waals surface area contributed by atoms with E-state index < -0.39 is 0 Å². The van der Waals surface area contributed by atoms with Crippen molar-refractivity contribution >= 4 is 31.9 Å². The summed E-state index contributed by atoms with van der Waals surface area (Å²) in [4.78, 5) is 0. The second-order valence-corrected chi connectivity index (χ2v) is 6.41. The van der Waals surface area contributed by atoms with Gasteiger partial charge < -0.3 is 15.5 Å². The highest BCUT2D eigenvalue weighted by atomic mass is 79.9. The lowest BCUT2D eigenvalue weighted by molar-refractivity contribution is 0.248. The van der Waals surface area contributed by atoms with Gasteiger partial charge in [0.15, 0.2) is 0 Å². The van der Waals surface area contributed by atoms with Crippen LogP contribution in [0.1, 0.15) is 31.7 Å². The van der Waals surface area contributed by atoms with Crippen LogP contribution in [0.15, 0.2) is 21.1 Å². The van der Waals surface area contributed by atoms with Crippen LogP contribution in [0, 0.1) is 5.92 Å². The molecule has 0 aliphatic carbocycles. The largest absolute Gasteiger partial charge is 0.506 e. The third-order valence-corrected chi connectivity index (χ3v) is 4.28. The van der Waals surface area contributed by atoms with Gasteiger partial charge in [0.2, 0.25) is 0 Å². The van der Waals surface area contributed by atoms with Gasteiger partial charge in [0.1, 0.15) is 5.75 Å². The van der Waals surface area contributed by atoms with Crippen molar-refractivity contribution in [3.63, 3.8) is 0 Å². The highest BCUT2D eigenvalue weighted by Crippen LogP contribution is 2.33. The molecule has 0 radical (unpaired) electrons. The first-order valence-corrected chi connectivity index (χ1v) is 8.15. The molecule has 0 saturated heterocycles. The van der Waals surface area contributed by atoms with Gasteiger partial charge in [-0.05, 0) is 74.9 Å². The predicted molar refractivity (Wildman–Crippen MR) is 85.3 cm³/mol. The number of hydrogen-bond acceptors (Lipinski definition) is 3. The molecule has 0 amide bonds. The molecule has 1 aromatic carbocycles. The quantitative estimate of drug-likeness (QED) is 0.628. The number of aliphatic hydroxyl groups excluding tert-OH is 1. The Morgan fingerprint density at radius 2 is 1.84 bits per heavy atom. The van der Waals surface area contributed by atoms with E-state index in [9.17, 15) is 5.11 Å². The van der Waals surface area contributed by atoms with Crippen molar-refractivity contribution in [2.75, 3.05) is 13.2 Å². The van der Waals surface area contributed by atoms with E-state index in [1.807, 2.05) is 12.1 Å². The van der Waals surface area contributed by atoms with Crippen molar-refractivity contribution in [1.29, 1.82) is 0 Å². The Bertz CT molecular complexity index is 370. The lowest BCUT2D eigenvalue weighted by Gasteiger charge is -2.16. The van der Waals surface area contributed by atoms with Gasteiger partial charge in [-0.25, -0.2) is 0 Å². The summed E-state index contributed by atoms with van der Waals surface area (Å²) in [5, 5.41) is 22.1. The number of phenols is 1. The summed E-state index contributed by atoms with van der Waals surface area (Å²) in [7, 11) is 0. The van der Waals surface area contributed by atoms with Crippen LogP contribution in [0.3, 0.4) is 0 Å². The summed E-state index contributed by atoms with van der Waals surface area (Å²) >= 11 is 6.65. The summed E-state index contributed by atoms with van der Waals surface area (Å²) in [5.74, 6) is 0.756. The van der Waals surface area contributed by atoms with E-state index in [0.29, 0.717) is 14.9 Å². The van der Waals surface area contributed by atoms with Gasteiger partial charge in [-0.2, -0.15) is 0 Å². The maximum absolute atomic E-state index is 9.64. The van der Waals surface area contributed by atoms with Crippen molar-refractivity contribution in [1.82, 2.24) is 5.32 Å². The summed E-state index contributed by atoms with van der Waals surface area (Å²) in [6.07, 6.45) is 3.13. The van der Waals surface area contributed by atoms with Crippen LogP contribution >= 0.6 is 31.9 Å². The number of phenolic OH excluding ortho intramolecular Hbond substituents is 1. The fourth-order valence-electron chi connectivity index (χ4n) is 2.08.